The third-order valence-electron chi connectivity index (χ3n) is 4.72. The highest BCUT2D eigenvalue weighted by molar-refractivity contribution is 5.79. The number of carbonyl (C=O) groups is 1. The number of benzene rings is 1. The summed E-state index contributed by atoms with van der Waals surface area (Å²) in [5.41, 5.74) is 1.15. The summed E-state index contributed by atoms with van der Waals surface area (Å²) in [6.07, 6.45) is 1.68. The summed E-state index contributed by atoms with van der Waals surface area (Å²) in [5, 5.41) is 9.51. The quantitative estimate of drug-likeness (QED) is 0.834. The molecule has 0 bridgehead atoms. The number of amides is 1. The van der Waals surface area contributed by atoms with Crippen LogP contribution in [-0.2, 0) is 4.79 Å². The summed E-state index contributed by atoms with van der Waals surface area (Å²) >= 11 is 0. The van der Waals surface area contributed by atoms with Crippen LogP contribution in [0.25, 0.3) is 0 Å². The van der Waals surface area contributed by atoms with Crippen molar-refractivity contribution in [2.24, 2.45) is 0 Å². The molecule has 2 unspecified atom stereocenters. The lowest BCUT2D eigenvalue weighted by atomic mass is 10.0. The fourth-order valence-electron chi connectivity index (χ4n) is 3.66. The van der Waals surface area contributed by atoms with Crippen LogP contribution in [0, 0.1) is 0 Å². The van der Waals surface area contributed by atoms with Crippen molar-refractivity contribution in [1.29, 1.82) is 0 Å². The van der Waals surface area contributed by atoms with Crippen LogP contribution in [0.1, 0.15) is 24.4 Å². The monoisotopic (exact) mass is 274 g/mol. The molecule has 1 aromatic carbocycles. The van der Waals surface area contributed by atoms with E-state index < -0.39 is 0 Å². The van der Waals surface area contributed by atoms with Gasteiger partial charge in [-0.1, -0.05) is 0 Å². The van der Waals surface area contributed by atoms with Gasteiger partial charge in [0.05, 0.1) is 6.04 Å². The molecule has 0 radical (unpaired) electrons. The van der Waals surface area contributed by atoms with E-state index in [9.17, 15) is 9.90 Å². The van der Waals surface area contributed by atoms with E-state index in [0.717, 1.165) is 37.4 Å². The van der Waals surface area contributed by atoms with Crippen LogP contribution in [0.2, 0.25) is 0 Å². The zero-order chi connectivity index (χ0) is 13.7. The van der Waals surface area contributed by atoms with Gasteiger partial charge in [-0.3, -0.25) is 9.69 Å². The van der Waals surface area contributed by atoms with Crippen LogP contribution in [0.4, 0.5) is 0 Å². The van der Waals surface area contributed by atoms with E-state index in [2.05, 4.69) is 4.90 Å². The van der Waals surface area contributed by atoms with Crippen molar-refractivity contribution >= 4 is 5.91 Å². The number of aromatic hydroxyl groups is 1. The number of carbonyl (C=O) groups excluding carboxylic acids is 1. The predicted molar refractivity (Wildman–Crippen MR) is 72.7 cm³/mol. The normalized spacial score (nSPS) is 29.2. The molecule has 0 aromatic heterocycles. The highest BCUT2D eigenvalue weighted by atomic mass is 16.5. The Hall–Kier alpha value is -1.75. The third kappa shape index (κ3) is 1.77. The van der Waals surface area contributed by atoms with Crippen LogP contribution in [0.3, 0.4) is 0 Å². The molecule has 3 aliphatic rings. The number of hydrogen-bond donors (Lipinski definition) is 1. The van der Waals surface area contributed by atoms with Crippen molar-refractivity contribution in [3.8, 4) is 11.5 Å². The van der Waals surface area contributed by atoms with E-state index >= 15 is 0 Å². The van der Waals surface area contributed by atoms with Crippen molar-refractivity contribution in [3.05, 3.63) is 23.8 Å². The van der Waals surface area contributed by atoms with Crippen LogP contribution in [0.5, 0.6) is 11.5 Å². The molecule has 106 valence electrons. The van der Waals surface area contributed by atoms with Crippen molar-refractivity contribution in [3.63, 3.8) is 0 Å². The molecule has 1 N–H and O–H groups in total. The zero-order valence-electron chi connectivity index (χ0n) is 11.3. The fourth-order valence-corrected chi connectivity index (χ4v) is 3.66. The maximum atomic E-state index is 11.7. The van der Waals surface area contributed by atoms with Gasteiger partial charge in [0.2, 0.25) is 5.91 Å². The number of phenolic OH excluding ortho intramolecular Hbond substituents is 1. The van der Waals surface area contributed by atoms with Crippen molar-refractivity contribution in [1.82, 2.24) is 9.80 Å². The van der Waals surface area contributed by atoms with Crippen LogP contribution < -0.4 is 4.74 Å². The van der Waals surface area contributed by atoms with Crippen molar-refractivity contribution < 1.29 is 14.6 Å². The second-order valence-corrected chi connectivity index (χ2v) is 5.82. The molecular formula is C15H18N2O3. The maximum Gasteiger partial charge on any atom is 0.222 e. The topological polar surface area (TPSA) is 53.0 Å². The van der Waals surface area contributed by atoms with Gasteiger partial charge in [0.1, 0.15) is 18.1 Å². The summed E-state index contributed by atoms with van der Waals surface area (Å²) in [6.45, 7) is 3.30. The number of hydrogen-bond acceptors (Lipinski definition) is 4. The zero-order valence-corrected chi connectivity index (χ0v) is 11.3. The molecule has 2 fully saturated rings. The van der Waals surface area contributed by atoms with Gasteiger partial charge < -0.3 is 14.7 Å². The standard InChI is InChI=1S/C15H18N2O3/c18-11-2-3-12-13(9-20-14(12)7-11)16-5-6-17-10(8-16)1-4-15(17)19/h2-3,7,10,13,18H,1,4-6,8-9H2. The van der Waals surface area contributed by atoms with E-state index in [1.807, 2.05) is 11.0 Å². The minimum atomic E-state index is 0.246. The average molecular weight is 274 g/mol. The molecule has 4 rings (SSSR count). The molecule has 1 amide bonds. The Kier molecular flexibility index (Phi) is 2.63. The van der Waals surface area contributed by atoms with Gasteiger partial charge in [0.15, 0.2) is 0 Å². The summed E-state index contributed by atoms with van der Waals surface area (Å²) < 4.78 is 5.70. The van der Waals surface area contributed by atoms with Crippen LogP contribution in [0.15, 0.2) is 18.2 Å². The van der Waals surface area contributed by atoms with Crippen molar-refractivity contribution in [2.45, 2.75) is 24.9 Å². The number of nitrogens with zero attached hydrogens (tertiary/aromatic N) is 2. The van der Waals surface area contributed by atoms with Gasteiger partial charge in [-0.05, 0) is 18.6 Å². The highest BCUT2D eigenvalue weighted by Gasteiger charge is 2.39. The summed E-state index contributed by atoms with van der Waals surface area (Å²) in [7, 11) is 0. The van der Waals surface area contributed by atoms with E-state index in [1.165, 1.54) is 0 Å². The molecule has 0 saturated carbocycles. The van der Waals surface area contributed by atoms with Crippen molar-refractivity contribution in [2.75, 3.05) is 26.2 Å². The molecule has 0 aliphatic carbocycles. The second kappa shape index (κ2) is 4.38. The molecule has 2 atom stereocenters. The molecule has 0 spiro atoms. The molecule has 1 aromatic rings. The van der Waals surface area contributed by atoms with Gasteiger partial charge in [0, 0.05) is 43.7 Å². The Labute approximate surface area is 117 Å². The molecule has 5 nitrogen and oxygen atoms in total. The van der Waals surface area contributed by atoms with Gasteiger partial charge >= 0.3 is 0 Å². The molecule has 3 aliphatic heterocycles. The third-order valence-corrected chi connectivity index (χ3v) is 4.72. The lowest BCUT2D eigenvalue weighted by molar-refractivity contribution is -0.131. The molecule has 20 heavy (non-hydrogen) atoms. The molecule has 5 heteroatoms. The smallest absolute Gasteiger partial charge is 0.222 e. The first kappa shape index (κ1) is 12.0. The number of piperazine rings is 1. The maximum absolute atomic E-state index is 11.7. The fraction of sp³-hybridized carbons (Fsp3) is 0.533. The lowest BCUT2D eigenvalue weighted by Gasteiger charge is -2.40. The number of rotatable bonds is 1. The Morgan fingerprint density at radius 1 is 1.30 bits per heavy atom. The Bertz CT molecular complexity index is 560. The van der Waals surface area contributed by atoms with Gasteiger partial charge in [-0.15, -0.1) is 0 Å². The Balaban J connectivity index is 1.55. The number of ether oxygens (including phenoxy) is 1. The first-order chi connectivity index (χ1) is 9.72. The summed E-state index contributed by atoms with van der Waals surface area (Å²) in [5.74, 6) is 1.35. The minimum absolute atomic E-state index is 0.246. The van der Waals surface area contributed by atoms with Gasteiger partial charge in [0.25, 0.3) is 0 Å². The molecule has 2 saturated heterocycles. The van der Waals surface area contributed by atoms with E-state index in [-0.39, 0.29) is 11.8 Å². The minimum Gasteiger partial charge on any atom is -0.508 e. The van der Waals surface area contributed by atoms with Gasteiger partial charge in [-0.25, -0.2) is 0 Å². The largest absolute Gasteiger partial charge is 0.508 e. The Morgan fingerprint density at radius 3 is 3.10 bits per heavy atom. The van der Waals surface area contributed by atoms with Gasteiger partial charge in [-0.2, -0.15) is 0 Å². The van der Waals surface area contributed by atoms with Crippen LogP contribution >= 0.6 is 0 Å². The predicted octanol–water partition coefficient (Wildman–Crippen LogP) is 1.13. The first-order valence-electron chi connectivity index (χ1n) is 7.21. The average Bonchev–Trinajstić information content (AvgIpc) is 3.02. The second-order valence-electron chi connectivity index (χ2n) is 5.82. The number of fused-ring (bicyclic) bond motifs is 2. The lowest BCUT2D eigenvalue weighted by Crippen LogP contribution is -2.52. The first-order valence-corrected chi connectivity index (χ1v) is 7.21. The summed E-state index contributed by atoms with van der Waals surface area (Å²) in [4.78, 5) is 16.2. The number of phenols is 1. The van der Waals surface area contributed by atoms with E-state index in [1.54, 1.807) is 12.1 Å². The highest BCUT2D eigenvalue weighted by Crippen LogP contribution is 2.39. The molecule has 3 heterocycles. The van der Waals surface area contributed by atoms with Crippen LogP contribution in [-0.4, -0.2) is 53.1 Å². The Morgan fingerprint density at radius 2 is 2.20 bits per heavy atom. The summed E-state index contributed by atoms with van der Waals surface area (Å²) in [6, 6.07) is 5.98. The molecular weight excluding hydrogens is 256 g/mol. The SMILES string of the molecule is O=C1CCC2CN(C3COc4cc(O)ccc43)CCN12. The van der Waals surface area contributed by atoms with E-state index in [0.29, 0.717) is 25.0 Å². The van der Waals surface area contributed by atoms with E-state index in [4.69, 9.17) is 4.74 Å².